The molecule has 0 spiro atoms. The van der Waals surface area contributed by atoms with E-state index < -0.39 is 32.1 Å². The Bertz CT molecular complexity index is 961. The molecule has 0 radical (unpaired) electrons. The highest BCUT2D eigenvalue weighted by Crippen LogP contribution is 2.43. The third-order valence-corrected chi connectivity index (χ3v) is 10.2. The summed E-state index contributed by atoms with van der Waals surface area (Å²) in [6, 6.07) is 0. The van der Waals surface area contributed by atoms with Crippen LogP contribution in [0.25, 0.3) is 0 Å². The number of hydrogen-bond acceptors (Lipinski definition) is 9. The highest BCUT2D eigenvalue weighted by Gasteiger charge is 2.25. The van der Waals surface area contributed by atoms with Crippen LogP contribution in [0.1, 0.15) is 181 Å². The van der Waals surface area contributed by atoms with Crippen molar-refractivity contribution in [3.8, 4) is 0 Å². The smallest absolute Gasteiger partial charge is 0.457 e. The summed E-state index contributed by atoms with van der Waals surface area (Å²) >= 11 is 0. The number of rotatable bonds is 41. The largest absolute Gasteiger partial charge is 0.472 e. The van der Waals surface area contributed by atoms with E-state index in [4.69, 9.17) is 24.3 Å². The van der Waals surface area contributed by atoms with Crippen LogP contribution >= 0.6 is 7.82 Å². The van der Waals surface area contributed by atoms with Gasteiger partial charge in [-0.15, -0.1) is 0 Å². The van der Waals surface area contributed by atoms with Gasteiger partial charge in [-0.25, -0.2) is 4.57 Å². The zero-order chi connectivity index (χ0) is 39.8. The highest BCUT2D eigenvalue weighted by atomic mass is 31.2. The van der Waals surface area contributed by atoms with Crippen LogP contribution in [0.15, 0.2) is 36.5 Å². The van der Waals surface area contributed by atoms with Gasteiger partial charge in [0.25, 0.3) is 0 Å². The van der Waals surface area contributed by atoms with Crippen molar-refractivity contribution >= 4 is 13.8 Å². The van der Waals surface area contributed by atoms with Crippen LogP contribution in [-0.4, -0.2) is 72.4 Å². The van der Waals surface area contributed by atoms with Gasteiger partial charge in [0.15, 0.2) is 0 Å². The lowest BCUT2D eigenvalue weighted by Crippen LogP contribution is -2.28. The molecule has 0 aliphatic rings. The number of carbonyl (C=O) groups is 1. The van der Waals surface area contributed by atoms with Gasteiger partial charge in [0.1, 0.15) is 6.10 Å². The average Bonchev–Trinajstić information content (AvgIpc) is 3.16. The Hall–Kier alpha value is -1.36. The number of aliphatic hydroxyl groups is 2. The molecule has 0 fully saturated rings. The van der Waals surface area contributed by atoms with E-state index in [-0.39, 0.29) is 32.8 Å². The van der Waals surface area contributed by atoms with Gasteiger partial charge in [0, 0.05) is 19.6 Å². The number of ether oxygens (including phenoxy) is 2. The lowest BCUT2D eigenvalue weighted by atomic mass is 10.0. The van der Waals surface area contributed by atoms with Crippen LogP contribution in [0.4, 0.5) is 0 Å². The molecule has 0 aromatic heterocycles. The minimum Gasteiger partial charge on any atom is -0.457 e. The summed E-state index contributed by atoms with van der Waals surface area (Å²) in [5.41, 5.74) is 5.35. The summed E-state index contributed by atoms with van der Waals surface area (Å²) < 4.78 is 33.3. The molecule has 0 aromatic rings. The molecule has 0 heterocycles. The second kappa shape index (κ2) is 39.9. The molecule has 0 amide bonds. The number of phosphoric acid groups is 1. The van der Waals surface area contributed by atoms with E-state index in [9.17, 15) is 24.5 Å². The van der Waals surface area contributed by atoms with E-state index in [0.29, 0.717) is 38.7 Å². The minimum absolute atomic E-state index is 0.0646. The van der Waals surface area contributed by atoms with Gasteiger partial charge in [0.2, 0.25) is 0 Å². The molecule has 0 bridgehead atoms. The molecule has 0 aliphatic heterocycles. The number of nitrogens with two attached hydrogens (primary N) is 1. The number of esters is 1. The van der Waals surface area contributed by atoms with Gasteiger partial charge in [-0.2, -0.15) is 0 Å². The van der Waals surface area contributed by atoms with E-state index in [1.54, 1.807) is 0 Å². The maximum Gasteiger partial charge on any atom is 0.472 e. The SMILES string of the molecule is CCCCC/C=C/CC(O)C(O)C/C=C\C/C=C\CCCC(=O)OC(COCCCCCCCCCCCCCCCCCC)COP(=O)(O)OCCN. The standard InChI is InChI=1S/C43H82NO9P/c1-3-5-7-9-11-12-13-14-15-16-17-18-19-23-27-31-36-50-38-40(39-52-54(48,49)51-37-35-44)53-43(47)34-30-26-22-20-21-25-29-33-42(46)41(45)32-28-24-10-8-6-4-2/h20,22,24-25,28-29,40-42,45-46H,3-19,21,23,26-27,30-39,44H2,1-2H3,(H,48,49)/b22-20-,28-24+,29-25-. The summed E-state index contributed by atoms with van der Waals surface area (Å²) in [6.07, 6.45) is 37.7. The first-order valence-electron chi connectivity index (χ1n) is 21.7. The predicted molar refractivity (Wildman–Crippen MR) is 222 cm³/mol. The van der Waals surface area contributed by atoms with Crippen molar-refractivity contribution in [1.29, 1.82) is 0 Å². The Morgan fingerprint density at radius 2 is 1.09 bits per heavy atom. The quantitative estimate of drug-likeness (QED) is 0.0203. The summed E-state index contributed by atoms with van der Waals surface area (Å²) in [7, 11) is -4.32. The first-order valence-corrected chi connectivity index (χ1v) is 23.2. The van der Waals surface area contributed by atoms with E-state index in [0.717, 1.165) is 25.7 Å². The number of aliphatic hydroxyl groups excluding tert-OH is 2. The second-order valence-corrected chi connectivity index (χ2v) is 16.0. The molecule has 0 rings (SSSR count). The van der Waals surface area contributed by atoms with Crippen LogP contribution in [0, 0.1) is 0 Å². The Morgan fingerprint density at radius 3 is 1.67 bits per heavy atom. The Morgan fingerprint density at radius 1 is 0.611 bits per heavy atom. The summed E-state index contributed by atoms with van der Waals surface area (Å²) in [5.74, 6) is -0.429. The minimum atomic E-state index is -4.32. The van der Waals surface area contributed by atoms with Crippen molar-refractivity contribution < 1.29 is 43.0 Å². The second-order valence-electron chi connectivity index (χ2n) is 14.5. The molecule has 5 N–H and O–H groups in total. The summed E-state index contributed by atoms with van der Waals surface area (Å²) in [4.78, 5) is 22.4. The zero-order valence-electron chi connectivity index (χ0n) is 34.4. The molecule has 0 saturated carbocycles. The molecule has 10 nitrogen and oxygen atoms in total. The lowest BCUT2D eigenvalue weighted by Gasteiger charge is -2.20. The van der Waals surface area contributed by atoms with Gasteiger partial charge in [-0.3, -0.25) is 13.8 Å². The van der Waals surface area contributed by atoms with Crippen molar-refractivity contribution in [2.45, 2.75) is 199 Å². The van der Waals surface area contributed by atoms with Gasteiger partial charge >= 0.3 is 13.8 Å². The normalized spacial score (nSPS) is 15.0. The maximum atomic E-state index is 12.6. The molecule has 54 heavy (non-hydrogen) atoms. The Balaban J connectivity index is 4.22. The van der Waals surface area contributed by atoms with Gasteiger partial charge in [-0.1, -0.05) is 159 Å². The fourth-order valence-corrected chi connectivity index (χ4v) is 6.64. The molecule has 11 heteroatoms. The summed E-state index contributed by atoms with van der Waals surface area (Å²) in [5, 5.41) is 20.3. The Kier molecular flexibility index (Phi) is 38.9. The van der Waals surface area contributed by atoms with Gasteiger partial charge in [0.05, 0.1) is 32.0 Å². The molecule has 0 saturated heterocycles. The third-order valence-electron chi connectivity index (χ3n) is 9.24. The number of unbranched alkanes of at least 4 members (excludes halogenated alkanes) is 19. The van der Waals surface area contributed by atoms with Crippen LogP contribution in [0.3, 0.4) is 0 Å². The predicted octanol–water partition coefficient (Wildman–Crippen LogP) is 10.6. The number of hydrogen-bond donors (Lipinski definition) is 4. The maximum absolute atomic E-state index is 12.6. The molecule has 4 unspecified atom stereocenters. The number of phosphoric ester groups is 1. The van der Waals surface area contributed by atoms with Gasteiger partial charge < -0.3 is 30.3 Å². The van der Waals surface area contributed by atoms with Gasteiger partial charge in [-0.05, 0) is 51.4 Å². The molecular weight excluding hydrogens is 705 g/mol. The molecule has 4 atom stereocenters. The van der Waals surface area contributed by atoms with Crippen LogP contribution in [0.5, 0.6) is 0 Å². The Labute approximate surface area is 330 Å². The van der Waals surface area contributed by atoms with E-state index in [1.807, 2.05) is 30.4 Å². The van der Waals surface area contributed by atoms with Crippen molar-refractivity contribution in [2.24, 2.45) is 5.73 Å². The first kappa shape index (κ1) is 52.6. The van der Waals surface area contributed by atoms with E-state index in [2.05, 4.69) is 19.9 Å². The van der Waals surface area contributed by atoms with Crippen molar-refractivity contribution in [3.63, 3.8) is 0 Å². The van der Waals surface area contributed by atoms with E-state index in [1.165, 1.54) is 103 Å². The topological polar surface area (TPSA) is 158 Å². The highest BCUT2D eigenvalue weighted by molar-refractivity contribution is 7.47. The number of carbonyl (C=O) groups excluding carboxylic acids is 1. The first-order chi connectivity index (χ1) is 26.3. The fourth-order valence-electron chi connectivity index (χ4n) is 5.88. The third kappa shape index (κ3) is 37.6. The van der Waals surface area contributed by atoms with Crippen molar-refractivity contribution in [3.05, 3.63) is 36.5 Å². The fraction of sp³-hybridized carbons (Fsp3) is 0.837. The molecule has 318 valence electrons. The van der Waals surface area contributed by atoms with Crippen LogP contribution < -0.4 is 5.73 Å². The number of allylic oxidation sites excluding steroid dienone is 4. The van der Waals surface area contributed by atoms with Crippen LogP contribution in [-0.2, 0) is 27.9 Å². The van der Waals surface area contributed by atoms with Crippen LogP contribution in [0.2, 0.25) is 0 Å². The monoisotopic (exact) mass is 788 g/mol. The lowest BCUT2D eigenvalue weighted by molar-refractivity contribution is -0.154. The van der Waals surface area contributed by atoms with E-state index >= 15 is 0 Å². The summed E-state index contributed by atoms with van der Waals surface area (Å²) in [6.45, 7) is 4.64. The molecule has 0 aliphatic carbocycles. The molecule has 0 aromatic carbocycles. The molecular formula is C43H82NO9P. The zero-order valence-corrected chi connectivity index (χ0v) is 35.3. The van der Waals surface area contributed by atoms with Crippen molar-refractivity contribution in [2.75, 3.05) is 33.0 Å². The average molecular weight is 788 g/mol. The van der Waals surface area contributed by atoms with Crippen molar-refractivity contribution in [1.82, 2.24) is 0 Å².